The van der Waals surface area contributed by atoms with Gasteiger partial charge in [0.1, 0.15) is 9.84 Å². The van der Waals surface area contributed by atoms with Gasteiger partial charge in [-0.15, -0.1) is 0 Å². The van der Waals surface area contributed by atoms with Crippen LogP contribution in [0.4, 0.5) is 4.79 Å². The summed E-state index contributed by atoms with van der Waals surface area (Å²) in [5.41, 5.74) is 3.59. The van der Waals surface area contributed by atoms with Gasteiger partial charge in [0.25, 0.3) is 0 Å². The van der Waals surface area contributed by atoms with Crippen LogP contribution in [0.25, 0.3) is 0 Å². The number of amides is 2. The van der Waals surface area contributed by atoms with Crippen molar-refractivity contribution in [2.75, 3.05) is 19.1 Å². The number of urea groups is 1. The van der Waals surface area contributed by atoms with E-state index < -0.39 is 9.84 Å². The molecule has 0 spiro atoms. The Balaban J connectivity index is 2.62. The summed E-state index contributed by atoms with van der Waals surface area (Å²) < 4.78 is 22.7. The highest BCUT2D eigenvalue weighted by Gasteiger charge is 2.20. The number of hydrogen-bond acceptors (Lipinski definition) is 3. The van der Waals surface area contributed by atoms with Crippen LogP contribution in [-0.2, 0) is 16.3 Å². The minimum Gasteiger partial charge on any atom is -0.335 e. The molecule has 0 heterocycles. The summed E-state index contributed by atoms with van der Waals surface area (Å²) in [6.45, 7) is 7.79. The molecule has 0 bridgehead atoms. The second-order valence-electron chi connectivity index (χ2n) is 6.60. The lowest BCUT2D eigenvalue weighted by atomic mass is 10.0. The van der Waals surface area contributed by atoms with E-state index in [1.165, 1.54) is 27.8 Å². The average Bonchev–Trinajstić information content (AvgIpc) is 2.33. The summed E-state index contributed by atoms with van der Waals surface area (Å²) in [4.78, 5) is 13.7. The van der Waals surface area contributed by atoms with Gasteiger partial charge in [0.2, 0.25) is 0 Å². The molecule has 0 radical (unpaired) electrons. The van der Waals surface area contributed by atoms with E-state index in [1.54, 1.807) is 14.0 Å². The molecule has 0 fully saturated rings. The topological polar surface area (TPSA) is 66.5 Å². The number of carbonyl (C=O) groups excluding carboxylic acids is 1. The fraction of sp³-hybridized carbons (Fsp3) is 0.588. The van der Waals surface area contributed by atoms with Gasteiger partial charge in [0.05, 0.1) is 5.75 Å². The Morgan fingerprint density at radius 3 is 2.17 bits per heavy atom. The van der Waals surface area contributed by atoms with Crippen LogP contribution in [0.15, 0.2) is 18.2 Å². The molecular weight excluding hydrogens is 312 g/mol. The van der Waals surface area contributed by atoms with Gasteiger partial charge in [-0.2, -0.15) is 0 Å². The molecule has 1 aromatic rings. The van der Waals surface area contributed by atoms with Gasteiger partial charge in [0.15, 0.2) is 0 Å². The third-order valence-corrected chi connectivity index (χ3v) is 4.81. The number of benzene rings is 1. The molecule has 1 rings (SSSR count). The van der Waals surface area contributed by atoms with E-state index in [0.717, 1.165) is 6.42 Å². The lowest BCUT2D eigenvalue weighted by molar-refractivity contribution is 0.194. The van der Waals surface area contributed by atoms with Crippen LogP contribution >= 0.6 is 0 Å². The summed E-state index contributed by atoms with van der Waals surface area (Å²) in [5, 5.41) is 2.93. The number of sulfone groups is 1. The van der Waals surface area contributed by atoms with E-state index in [2.05, 4.69) is 37.4 Å². The van der Waals surface area contributed by atoms with Crippen LogP contribution < -0.4 is 5.32 Å². The molecule has 0 unspecified atom stereocenters. The second-order valence-corrected chi connectivity index (χ2v) is 8.79. The molecule has 2 amide bonds. The minimum atomic E-state index is -3.11. The number of hydrogen-bond donors (Lipinski definition) is 1. The highest BCUT2D eigenvalue weighted by atomic mass is 32.2. The molecule has 0 aliphatic heterocycles. The number of aryl methyl sites for hydroxylation is 2. The first-order valence-electron chi connectivity index (χ1n) is 7.76. The number of nitrogens with one attached hydrogen (secondary N) is 1. The molecule has 0 aliphatic rings. The van der Waals surface area contributed by atoms with E-state index in [9.17, 15) is 13.2 Å². The van der Waals surface area contributed by atoms with Gasteiger partial charge in [-0.05, 0) is 39.7 Å². The lowest BCUT2D eigenvalue weighted by Crippen LogP contribution is -2.48. The summed E-state index contributed by atoms with van der Waals surface area (Å²) >= 11 is 0. The normalized spacial score (nSPS) is 14.2. The molecular formula is C17H28N2O3S. The maximum absolute atomic E-state index is 12.2. The number of rotatable bonds is 6. The van der Waals surface area contributed by atoms with Crippen molar-refractivity contribution >= 4 is 15.9 Å². The van der Waals surface area contributed by atoms with Gasteiger partial charge < -0.3 is 10.2 Å². The van der Waals surface area contributed by atoms with Crippen molar-refractivity contribution in [3.63, 3.8) is 0 Å². The zero-order valence-electron chi connectivity index (χ0n) is 14.9. The van der Waals surface area contributed by atoms with Gasteiger partial charge in [0, 0.05) is 25.4 Å². The van der Waals surface area contributed by atoms with Gasteiger partial charge in [-0.1, -0.05) is 29.3 Å². The van der Waals surface area contributed by atoms with Crippen molar-refractivity contribution in [1.29, 1.82) is 0 Å². The monoisotopic (exact) mass is 340 g/mol. The molecule has 2 atom stereocenters. The fourth-order valence-electron chi connectivity index (χ4n) is 2.65. The van der Waals surface area contributed by atoms with Gasteiger partial charge in [-0.3, -0.25) is 0 Å². The van der Waals surface area contributed by atoms with Crippen molar-refractivity contribution < 1.29 is 13.2 Å². The van der Waals surface area contributed by atoms with Crippen LogP contribution in [0.5, 0.6) is 0 Å². The van der Waals surface area contributed by atoms with Gasteiger partial charge >= 0.3 is 6.03 Å². The molecule has 5 nitrogen and oxygen atoms in total. The summed E-state index contributed by atoms with van der Waals surface area (Å²) in [6, 6.07) is 5.71. The zero-order chi connectivity index (χ0) is 17.8. The Morgan fingerprint density at radius 2 is 1.70 bits per heavy atom. The Morgan fingerprint density at radius 1 is 1.17 bits per heavy atom. The summed E-state index contributed by atoms with van der Waals surface area (Å²) in [6.07, 6.45) is 1.92. The molecule has 0 aromatic heterocycles. The second kappa shape index (κ2) is 7.81. The molecule has 1 aromatic carbocycles. The number of carbonyl (C=O) groups is 1. The molecule has 0 aliphatic carbocycles. The molecule has 23 heavy (non-hydrogen) atoms. The molecule has 130 valence electrons. The van der Waals surface area contributed by atoms with Gasteiger partial charge in [-0.25, -0.2) is 13.2 Å². The van der Waals surface area contributed by atoms with Crippen molar-refractivity contribution in [2.24, 2.45) is 0 Å². The van der Waals surface area contributed by atoms with Crippen LogP contribution in [0, 0.1) is 13.8 Å². The van der Waals surface area contributed by atoms with E-state index in [-0.39, 0.29) is 23.9 Å². The summed E-state index contributed by atoms with van der Waals surface area (Å²) in [7, 11) is -1.49. The third-order valence-electron chi connectivity index (χ3n) is 3.72. The zero-order valence-corrected chi connectivity index (χ0v) is 15.7. The van der Waals surface area contributed by atoms with Crippen LogP contribution in [0.2, 0.25) is 0 Å². The fourth-order valence-corrected chi connectivity index (χ4v) is 3.75. The van der Waals surface area contributed by atoms with Crippen molar-refractivity contribution in [1.82, 2.24) is 10.2 Å². The highest BCUT2D eigenvalue weighted by molar-refractivity contribution is 7.90. The first-order valence-corrected chi connectivity index (χ1v) is 9.82. The SMILES string of the molecule is Cc1cc(C)cc(C[C@H](C)NC(=O)N(C)[C@@H](C)CS(C)(=O)=O)c1. The predicted molar refractivity (Wildman–Crippen MR) is 94.5 cm³/mol. The predicted octanol–water partition coefficient (Wildman–Crippen LogP) is 2.31. The smallest absolute Gasteiger partial charge is 0.317 e. The van der Waals surface area contributed by atoms with Crippen LogP contribution in [0.3, 0.4) is 0 Å². The maximum atomic E-state index is 12.2. The largest absolute Gasteiger partial charge is 0.335 e. The third kappa shape index (κ3) is 7.03. The molecule has 0 saturated heterocycles. The highest BCUT2D eigenvalue weighted by Crippen LogP contribution is 2.11. The van der Waals surface area contributed by atoms with Crippen molar-refractivity contribution in [3.8, 4) is 0 Å². The first kappa shape index (κ1) is 19.5. The maximum Gasteiger partial charge on any atom is 0.317 e. The number of nitrogens with zero attached hydrogens (tertiary/aromatic N) is 1. The molecule has 6 heteroatoms. The van der Waals surface area contributed by atoms with Crippen molar-refractivity contribution in [3.05, 3.63) is 34.9 Å². The van der Waals surface area contributed by atoms with E-state index >= 15 is 0 Å². The lowest BCUT2D eigenvalue weighted by Gasteiger charge is -2.26. The Hall–Kier alpha value is -1.56. The summed E-state index contributed by atoms with van der Waals surface area (Å²) in [5.74, 6) is -0.0393. The van der Waals surface area contributed by atoms with Crippen LogP contribution in [-0.4, -0.2) is 50.5 Å². The van der Waals surface area contributed by atoms with Crippen LogP contribution in [0.1, 0.15) is 30.5 Å². The first-order chi connectivity index (χ1) is 10.5. The standard InChI is InChI=1S/C17H28N2O3S/c1-12-7-13(2)9-16(8-12)10-14(3)18-17(20)19(5)15(4)11-23(6,21)22/h7-9,14-15H,10-11H2,1-6H3,(H,18,20)/t14-,15-/m0/s1. The Labute approximate surface area is 140 Å². The van der Waals surface area contributed by atoms with Crippen molar-refractivity contribution in [2.45, 2.75) is 46.2 Å². The minimum absolute atomic E-state index is 0.0309. The van der Waals surface area contributed by atoms with E-state index in [1.807, 2.05) is 6.92 Å². The average molecular weight is 340 g/mol. The Bertz CT molecular complexity index is 636. The quantitative estimate of drug-likeness (QED) is 0.864. The van der Waals surface area contributed by atoms with E-state index in [0.29, 0.717) is 0 Å². The molecule has 0 saturated carbocycles. The molecule has 1 N–H and O–H groups in total. The van der Waals surface area contributed by atoms with E-state index in [4.69, 9.17) is 0 Å². The Kier molecular flexibility index (Phi) is 6.62.